The zero-order valence-corrected chi connectivity index (χ0v) is 22.1. The summed E-state index contributed by atoms with van der Waals surface area (Å²) in [5, 5.41) is 10.2. The number of aliphatic hydroxyl groups is 1. The summed E-state index contributed by atoms with van der Waals surface area (Å²) in [5.74, 6) is 6.02. The molecule has 1 nitrogen and oxygen atoms in total. The Hall–Kier alpha value is -0.300. The van der Waals surface area contributed by atoms with Gasteiger partial charge in [-0.15, -0.1) is 0 Å². The molecule has 0 spiro atoms. The number of fused-ring (bicyclic) bond motifs is 1. The maximum absolute atomic E-state index is 10.2. The molecule has 9 atom stereocenters. The summed E-state index contributed by atoms with van der Waals surface area (Å²) in [5.41, 5.74) is 2.14. The monoisotopic (exact) mass is 430 g/mol. The van der Waals surface area contributed by atoms with Crippen LogP contribution in [0.15, 0.2) is 12.2 Å². The van der Waals surface area contributed by atoms with Crippen molar-refractivity contribution in [1.29, 1.82) is 0 Å². The quantitative estimate of drug-likeness (QED) is 0.382. The van der Waals surface area contributed by atoms with Crippen LogP contribution < -0.4 is 0 Å². The fraction of sp³-hybridized carbons (Fsp3) is 0.933. The van der Waals surface area contributed by atoms with Crippen LogP contribution in [0.25, 0.3) is 0 Å². The topological polar surface area (TPSA) is 20.2 Å². The van der Waals surface area contributed by atoms with Gasteiger partial charge in [0.1, 0.15) is 0 Å². The van der Waals surface area contributed by atoms with Crippen LogP contribution in [0.4, 0.5) is 0 Å². The molecule has 3 saturated carbocycles. The van der Waals surface area contributed by atoms with E-state index in [-0.39, 0.29) is 11.5 Å². The molecule has 31 heavy (non-hydrogen) atoms. The molecule has 0 heterocycles. The van der Waals surface area contributed by atoms with Gasteiger partial charge >= 0.3 is 0 Å². The third-order valence-electron chi connectivity index (χ3n) is 11.2. The van der Waals surface area contributed by atoms with Gasteiger partial charge < -0.3 is 5.11 Å². The predicted molar refractivity (Wildman–Crippen MR) is 135 cm³/mol. The van der Waals surface area contributed by atoms with E-state index in [0.717, 1.165) is 60.7 Å². The highest BCUT2D eigenvalue weighted by atomic mass is 16.3. The molecular weight excluding hydrogens is 376 g/mol. The van der Waals surface area contributed by atoms with Crippen LogP contribution in [-0.2, 0) is 0 Å². The van der Waals surface area contributed by atoms with Crippen molar-refractivity contribution in [2.75, 3.05) is 0 Å². The zero-order chi connectivity index (χ0) is 23.0. The van der Waals surface area contributed by atoms with Crippen LogP contribution in [0.3, 0.4) is 0 Å². The van der Waals surface area contributed by atoms with Gasteiger partial charge in [-0.05, 0) is 104 Å². The van der Waals surface area contributed by atoms with Gasteiger partial charge in [0.15, 0.2) is 0 Å². The second-order valence-corrected chi connectivity index (χ2v) is 12.9. The molecule has 3 fully saturated rings. The average molecular weight is 431 g/mol. The summed E-state index contributed by atoms with van der Waals surface area (Å²) in [6.45, 7) is 22.0. The van der Waals surface area contributed by atoms with E-state index in [2.05, 4.69) is 55.0 Å². The number of hydrogen-bond acceptors (Lipinski definition) is 1. The Balaban J connectivity index is 1.73. The number of hydrogen-bond donors (Lipinski definition) is 1. The fourth-order valence-corrected chi connectivity index (χ4v) is 9.02. The van der Waals surface area contributed by atoms with E-state index in [1.807, 2.05) is 0 Å². The first-order chi connectivity index (χ1) is 14.6. The summed E-state index contributed by atoms with van der Waals surface area (Å²) in [4.78, 5) is 0. The van der Waals surface area contributed by atoms with E-state index < -0.39 is 0 Å². The lowest BCUT2D eigenvalue weighted by molar-refractivity contribution is -0.0525. The molecular formula is C30H54O. The summed E-state index contributed by atoms with van der Waals surface area (Å²) >= 11 is 0. The Morgan fingerprint density at radius 3 is 2.26 bits per heavy atom. The zero-order valence-electron chi connectivity index (χ0n) is 22.1. The van der Waals surface area contributed by atoms with Crippen LogP contribution in [0, 0.1) is 52.3 Å². The van der Waals surface area contributed by atoms with Crippen molar-refractivity contribution in [3.8, 4) is 0 Å². The van der Waals surface area contributed by atoms with Gasteiger partial charge in [0.05, 0.1) is 6.10 Å². The second-order valence-electron chi connectivity index (χ2n) is 12.9. The summed E-state index contributed by atoms with van der Waals surface area (Å²) in [6, 6.07) is 0. The highest BCUT2D eigenvalue weighted by Gasteiger charge is 2.57. The van der Waals surface area contributed by atoms with Gasteiger partial charge in [0.2, 0.25) is 0 Å². The predicted octanol–water partition coefficient (Wildman–Crippen LogP) is 8.66. The van der Waals surface area contributed by atoms with Crippen LogP contribution in [0.5, 0.6) is 0 Å². The van der Waals surface area contributed by atoms with Crippen LogP contribution in [-0.4, -0.2) is 11.2 Å². The van der Waals surface area contributed by atoms with Crippen molar-refractivity contribution in [2.24, 2.45) is 52.3 Å². The van der Waals surface area contributed by atoms with Crippen LogP contribution >= 0.6 is 0 Å². The molecule has 9 unspecified atom stereocenters. The molecule has 0 aliphatic heterocycles. The van der Waals surface area contributed by atoms with Gasteiger partial charge in [0, 0.05) is 0 Å². The Bertz CT molecular complexity index is 608. The maximum atomic E-state index is 10.2. The first-order valence-electron chi connectivity index (χ1n) is 13.9. The summed E-state index contributed by atoms with van der Waals surface area (Å²) < 4.78 is 0. The van der Waals surface area contributed by atoms with Crippen molar-refractivity contribution >= 4 is 0 Å². The minimum Gasteiger partial charge on any atom is -0.393 e. The van der Waals surface area contributed by atoms with Crippen molar-refractivity contribution in [3.63, 3.8) is 0 Å². The normalized spacial score (nSPS) is 43.1. The minimum absolute atomic E-state index is 0.149. The second kappa shape index (κ2) is 9.90. The van der Waals surface area contributed by atoms with Gasteiger partial charge in [-0.2, -0.15) is 0 Å². The first kappa shape index (κ1) is 25.3. The molecule has 0 aromatic heterocycles. The lowest BCUT2D eigenvalue weighted by Crippen LogP contribution is -2.49. The third kappa shape index (κ3) is 4.69. The van der Waals surface area contributed by atoms with Gasteiger partial charge in [-0.1, -0.05) is 79.9 Å². The highest BCUT2D eigenvalue weighted by Crippen LogP contribution is 2.65. The smallest absolute Gasteiger partial charge is 0.0577 e. The third-order valence-corrected chi connectivity index (χ3v) is 11.2. The SMILES string of the molecule is C=C1CC(O)CCC1(C)C1CCC2(C)C(C(C)CCC(CC)C(C)C)CCC2C1CC. The van der Waals surface area contributed by atoms with Crippen LogP contribution in [0.1, 0.15) is 119 Å². The Labute approximate surface area is 194 Å². The Morgan fingerprint density at radius 2 is 1.68 bits per heavy atom. The van der Waals surface area contributed by atoms with Gasteiger partial charge in [-0.3, -0.25) is 0 Å². The fourth-order valence-electron chi connectivity index (χ4n) is 9.02. The average Bonchev–Trinajstić information content (AvgIpc) is 3.07. The molecule has 0 saturated heterocycles. The molecule has 0 radical (unpaired) electrons. The van der Waals surface area contributed by atoms with E-state index in [1.54, 1.807) is 0 Å². The molecule has 0 aromatic carbocycles. The minimum atomic E-state index is -0.149. The number of aliphatic hydroxyl groups excluding tert-OH is 1. The molecule has 3 aliphatic rings. The summed E-state index contributed by atoms with van der Waals surface area (Å²) in [7, 11) is 0. The lowest BCUT2D eigenvalue weighted by atomic mass is 9.49. The molecule has 0 amide bonds. The van der Waals surface area contributed by atoms with Gasteiger partial charge in [-0.25, -0.2) is 0 Å². The van der Waals surface area contributed by atoms with E-state index >= 15 is 0 Å². The number of rotatable bonds is 8. The van der Waals surface area contributed by atoms with E-state index in [1.165, 1.54) is 56.9 Å². The molecule has 180 valence electrons. The molecule has 0 aromatic rings. The molecule has 3 rings (SSSR count). The first-order valence-corrected chi connectivity index (χ1v) is 13.9. The van der Waals surface area contributed by atoms with Crippen LogP contribution in [0.2, 0.25) is 0 Å². The molecule has 1 heteroatoms. The van der Waals surface area contributed by atoms with E-state index in [9.17, 15) is 5.11 Å². The van der Waals surface area contributed by atoms with Gasteiger partial charge in [0.25, 0.3) is 0 Å². The molecule has 0 bridgehead atoms. The Morgan fingerprint density at radius 1 is 0.968 bits per heavy atom. The van der Waals surface area contributed by atoms with Crippen molar-refractivity contribution in [3.05, 3.63) is 12.2 Å². The Kier molecular flexibility index (Phi) is 8.09. The highest BCUT2D eigenvalue weighted by molar-refractivity contribution is 5.18. The van der Waals surface area contributed by atoms with E-state index in [0.29, 0.717) is 5.41 Å². The van der Waals surface area contributed by atoms with Crippen molar-refractivity contribution in [1.82, 2.24) is 0 Å². The lowest BCUT2D eigenvalue weighted by Gasteiger charge is -2.56. The van der Waals surface area contributed by atoms with Crippen molar-refractivity contribution in [2.45, 2.75) is 125 Å². The summed E-state index contributed by atoms with van der Waals surface area (Å²) in [6.07, 6.45) is 14.0. The molecule has 1 N–H and O–H groups in total. The largest absolute Gasteiger partial charge is 0.393 e. The maximum Gasteiger partial charge on any atom is 0.0577 e. The molecule has 3 aliphatic carbocycles. The standard InChI is InChI=1S/C30H54O/c1-9-23(20(3)4)12-11-21(5)26-13-14-27-25(10-2)28(16-18-30(26,27)8)29(7)17-15-24(31)19-22(29)6/h20-21,23-28,31H,6,9-19H2,1-5,7-8H3. The van der Waals surface area contributed by atoms with Crippen molar-refractivity contribution < 1.29 is 5.11 Å². The van der Waals surface area contributed by atoms with E-state index in [4.69, 9.17) is 0 Å².